The minimum absolute atomic E-state index is 0. The molecule has 13 heavy (non-hydrogen) atoms. The van der Waals surface area contributed by atoms with E-state index in [1.807, 2.05) is 0 Å². The van der Waals surface area contributed by atoms with Gasteiger partial charge in [0.2, 0.25) is 5.91 Å². The largest absolute Gasteiger partial charge is 0.370 e. The number of hydrogen-bond donors (Lipinski definition) is 1. The van der Waals surface area contributed by atoms with Crippen molar-refractivity contribution in [2.24, 2.45) is 5.73 Å². The molecule has 0 radical (unpaired) electrons. The van der Waals surface area contributed by atoms with Gasteiger partial charge in [0.15, 0.2) is 0 Å². The summed E-state index contributed by atoms with van der Waals surface area (Å²) in [5.74, 6) is -0.187. The molecule has 0 saturated carbocycles. The number of amides is 1. The first kappa shape index (κ1) is 10.0. The summed E-state index contributed by atoms with van der Waals surface area (Å²) >= 11 is 0. The highest BCUT2D eigenvalue weighted by atomic mass is 16.1. The van der Waals surface area contributed by atoms with Gasteiger partial charge in [-0.15, -0.1) is 0 Å². The molecule has 0 fully saturated rings. The lowest BCUT2D eigenvalue weighted by Crippen LogP contribution is -2.09. The number of carbonyl (C=O) groups excluding carboxylic acids is 1. The zero-order chi connectivity index (χ0) is 9.52. The number of primary amides is 1. The van der Waals surface area contributed by atoms with Gasteiger partial charge in [-0.3, -0.25) is 4.79 Å². The van der Waals surface area contributed by atoms with Crippen molar-refractivity contribution in [3.63, 3.8) is 0 Å². The Hall–Kier alpha value is -1.05. The zero-order valence-corrected chi connectivity index (χ0v) is 7.96. The third-order valence-corrected chi connectivity index (χ3v) is 2.21. The molecule has 2 heteroatoms. The van der Waals surface area contributed by atoms with E-state index in [-0.39, 0.29) is 7.33 Å². The summed E-state index contributed by atoms with van der Waals surface area (Å²) in [6, 6.07) is 0. The predicted molar refractivity (Wildman–Crippen MR) is 56.2 cm³/mol. The minimum Gasteiger partial charge on any atom is -0.370 e. The Morgan fingerprint density at radius 2 is 2.31 bits per heavy atom. The van der Waals surface area contributed by atoms with Gasteiger partial charge in [-0.1, -0.05) is 23.8 Å². The Labute approximate surface area is 81.0 Å². The van der Waals surface area contributed by atoms with Crippen molar-refractivity contribution in [2.75, 3.05) is 0 Å². The maximum atomic E-state index is 10.4. The summed E-state index contributed by atoms with van der Waals surface area (Å²) in [6.45, 7) is 0. The number of nitrogens with two attached hydrogens (primary N) is 1. The second-order valence-corrected chi connectivity index (χ2v) is 3.43. The first-order chi connectivity index (χ1) is 6.29. The summed E-state index contributed by atoms with van der Waals surface area (Å²) in [6.07, 6.45) is 12.6. The summed E-state index contributed by atoms with van der Waals surface area (Å²) in [4.78, 5) is 10.4. The fourth-order valence-corrected chi connectivity index (χ4v) is 1.48. The lowest BCUT2D eigenvalue weighted by Gasteiger charge is -2.05. The number of allylic oxidation sites excluding steroid dienone is 4. The lowest BCUT2D eigenvalue weighted by atomic mass is 10.0. The van der Waals surface area contributed by atoms with E-state index in [0.29, 0.717) is 6.42 Å². The molecule has 1 rings (SSSR count). The molecule has 0 heterocycles. The average molecular weight is 181 g/mol. The van der Waals surface area contributed by atoms with Crippen molar-refractivity contribution in [1.29, 1.82) is 0 Å². The van der Waals surface area contributed by atoms with Crippen LogP contribution in [0.4, 0.5) is 0 Å². The fraction of sp³-hybridized carbons (Fsp3) is 0.545. The van der Waals surface area contributed by atoms with Crippen LogP contribution in [0.5, 0.6) is 0 Å². The molecule has 0 aromatic heterocycles. The van der Waals surface area contributed by atoms with Crippen LogP contribution in [0.2, 0.25) is 0 Å². The van der Waals surface area contributed by atoms with Crippen LogP contribution in [-0.2, 0) is 4.79 Å². The van der Waals surface area contributed by atoms with Crippen LogP contribution in [0.25, 0.3) is 0 Å². The molecule has 0 aromatic carbocycles. The highest BCUT2D eigenvalue weighted by Crippen LogP contribution is 2.15. The van der Waals surface area contributed by atoms with Crippen LogP contribution in [0.1, 0.15) is 40.0 Å². The third kappa shape index (κ3) is 4.51. The monoisotopic (exact) mass is 181 g/mol. The molecule has 74 valence electrons. The van der Waals surface area contributed by atoms with Crippen LogP contribution in [-0.4, -0.2) is 5.91 Å². The van der Waals surface area contributed by atoms with Gasteiger partial charge in [-0.2, -0.15) is 0 Å². The molecular weight excluding hydrogens is 162 g/mol. The molecule has 0 saturated heterocycles. The van der Waals surface area contributed by atoms with Crippen LogP contribution in [0.3, 0.4) is 0 Å². The summed E-state index contributed by atoms with van der Waals surface area (Å²) in [7, 11) is 0. The molecule has 2 nitrogen and oxygen atoms in total. The number of rotatable bonds is 5. The topological polar surface area (TPSA) is 43.1 Å². The molecule has 0 atom stereocenters. The zero-order valence-electron chi connectivity index (χ0n) is 7.96. The van der Waals surface area contributed by atoms with Gasteiger partial charge in [-0.25, -0.2) is 0 Å². The first-order valence-electron chi connectivity index (χ1n) is 4.93. The Morgan fingerprint density at radius 3 is 2.92 bits per heavy atom. The SMILES string of the molecule is NC(=O)CCCCC1=CCCC=C1.[HH]. The third-order valence-electron chi connectivity index (χ3n) is 2.21. The quantitative estimate of drug-likeness (QED) is 0.651. The van der Waals surface area contributed by atoms with Crippen molar-refractivity contribution < 1.29 is 6.22 Å². The highest BCUT2D eigenvalue weighted by Gasteiger charge is 1.98. The molecular formula is C11H19NO. The lowest BCUT2D eigenvalue weighted by molar-refractivity contribution is -0.118. The van der Waals surface area contributed by atoms with E-state index in [9.17, 15) is 4.79 Å². The van der Waals surface area contributed by atoms with Crippen LogP contribution in [0, 0.1) is 0 Å². The van der Waals surface area contributed by atoms with Crippen molar-refractivity contribution in [1.82, 2.24) is 0 Å². The molecule has 1 amide bonds. The van der Waals surface area contributed by atoms with E-state index in [4.69, 9.17) is 5.73 Å². The van der Waals surface area contributed by atoms with Gasteiger partial charge in [0.1, 0.15) is 0 Å². The molecule has 1 aliphatic carbocycles. The van der Waals surface area contributed by atoms with Gasteiger partial charge in [-0.05, 0) is 32.1 Å². The van der Waals surface area contributed by atoms with Crippen LogP contribution >= 0.6 is 0 Å². The van der Waals surface area contributed by atoms with Gasteiger partial charge in [0.05, 0.1) is 0 Å². The number of unbranched alkanes of at least 4 members (excludes halogenated alkanes) is 1. The molecule has 0 aliphatic heterocycles. The Morgan fingerprint density at radius 1 is 1.46 bits per heavy atom. The van der Waals surface area contributed by atoms with Crippen molar-refractivity contribution in [2.45, 2.75) is 38.5 Å². The molecule has 1 aliphatic rings. The number of hydrogen-bond acceptors (Lipinski definition) is 1. The Balaban J connectivity index is 0.00000169. The van der Waals surface area contributed by atoms with E-state index in [0.717, 1.165) is 19.3 Å². The summed E-state index contributed by atoms with van der Waals surface area (Å²) in [5.41, 5.74) is 6.46. The van der Waals surface area contributed by atoms with Gasteiger partial charge >= 0.3 is 0 Å². The van der Waals surface area contributed by atoms with Gasteiger partial charge in [0.25, 0.3) is 0 Å². The molecule has 2 N–H and O–H groups in total. The normalized spacial score (nSPS) is 15.5. The molecule has 0 aromatic rings. The Kier molecular flexibility index (Phi) is 4.30. The van der Waals surface area contributed by atoms with Crippen LogP contribution in [0.15, 0.2) is 23.8 Å². The smallest absolute Gasteiger partial charge is 0.217 e. The maximum Gasteiger partial charge on any atom is 0.217 e. The average Bonchev–Trinajstić information content (AvgIpc) is 2.14. The second kappa shape index (κ2) is 5.57. The summed E-state index contributed by atoms with van der Waals surface area (Å²) < 4.78 is 0. The molecule has 0 bridgehead atoms. The minimum atomic E-state index is -0.187. The van der Waals surface area contributed by atoms with E-state index < -0.39 is 0 Å². The van der Waals surface area contributed by atoms with Crippen molar-refractivity contribution in [3.8, 4) is 0 Å². The highest BCUT2D eigenvalue weighted by molar-refractivity contribution is 5.73. The van der Waals surface area contributed by atoms with Gasteiger partial charge in [0, 0.05) is 7.85 Å². The second-order valence-electron chi connectivity index (χ2n) is 3.43. The van der Waals surface area contributed by atoms with E-state index in [2.05, 4.69) is 18.2 Å². The van der Waals surface area contributed by atoms with E-state index in [1.165, 1.54) is 18.4 Å². The standard InChI is InChI=1S/C11H17NO.H2/c12-11(13)9-5-4-8-10-6-2-1-3-7-10;/h2,6-7H,1,3-5,8-9H2,(H2,12,13);1H. The van der Waals surface area contributed by atoms with E-state index in [1.54, 1.807) is 0 Å². The predicted octanol–water partition coefficient (Wildman–Crippen LogP) is 2.55. The van der Waals surface area contributed by atoms with Crippen molar-refractivity contribution >= 4 is 5.91 Å². The van der Waals surface area contributed by atoms with Crippen LogP contribution < -0.4 is 5.73 Å². The maximum absolute atomic E-state index is 10.4. The number of carbonyl (C=O) groups is 1. The fourth-order valence-electron chi connectivity index (χ4n) is 1.48. The van der Waals surface area contributed by atoms with Gasteiger partial charge < -0.3 is 5.73 Å². The van der Waals surface area contributed by atoms with E-state index >= 15 is 0 Å². The summed E-state index contributed by atoms with van der Waals surface area (Å²) in [5, 5.41) is 0. The molecule has 0 spiro atoms. The van der Waals surface area contributed by atoms with Crippen molar-refractivity contribution in [3.05, 3.63) is 23.8 Å². The first-order valence-corrected chi connectivity index (χ1v) is 4.93. The molecule has 0 unspecified atom stereocenters. The Bertz CT molecular complexity index is 233.